The van der Waals surface area contributed by atoms with Gasteiger partial charge in [0.15, 0.2) is 0 Å². The Kier molecular flexibility index (Phi) is 3.44. The van der Waals surface area contributed by atoms with Crippen molar-refractivity contribution < 1.29 is 0 Å². The van der Waals surface area contributed by atoms with Crippen LogP contribution < -0.4 is 10.5 Å². The van der Waals surface area contributed by atoms with E-state index in [9.17, 15) is 4.79 Å². The molecular formula is C15H20N4O. The van der Waals surface area contributed by atoms with E-state index in [0.29, 0.717) is 11.4 Å². The standard InChI is InChI=1S/C15H20N4O/c1-18-7-5-11(6-8-18)19(2)12-3-4-14-13(9-12)15(20)17-10-16-14/h3-4,9-11H,5-8H2,1-2H3,(H,16,17,20). The van der Waals surface area contributed by atoms with Gasteiger partial charge in [-0.2, -0.15) is 0 Å². The van der Waals surface area contributed by atoms with Gasteiger partial charge >= 0.3 is 0 Å². The maximum atomic E-state index is 11.9. The zero-order valence-electron chi connectivity index (χ0n) is 12.0. The number of piperidine rings is 1. The van der Waals surface area contributed by atoms with Crippen LogP contribution in [0.4, 0.5) is 5.69 Å². The highest BCUT2D eigenvalue weighted by Crippen LogP contribution is 2.23. The Morgan fingerprint density at radius 1 is 1.35 bits per heavy atom. The van der Waals surface area contributed by atoms with Crippen LogP contribution in [0.1, 0.15) is 12.8 Å². The maximum Gasteiger partial charge on any atom is 0.258 e. The molecule has 3 rings (SSSR count). The topological polar surface area (TPSA) is 52.2 Å². The lowest BCUT2D eigenvalue weighted by Crippen LogP contribution is -2.42. The first-order valence-corrected chi connectivity index (χ1v) is 7.04. The quantitative estimate of drug-likeness (QED) is 0.899. The van der Waals surface area contributed by atoms with Crippen LogP contribution in [0.15, 0.2) is 29.3 Å². The van der Waals surface area contributed by atoms with Crippen LogP contribution >= 0.6 is 0 Å². The molecule has 0 radical (unpaired) electrons. The van der Waals surface area contributed by atoms with Gasteiger partial charge in [-0.15, -0.1) is 0 Å². The molecule has 1 N–H and O–H groups in total. The number of aromatic nitrogens is 2. The molecule has 1 aromatic carbocycles. The van der Waals surface area contributed by atoms with E-state index in [-0.39, 0.29) is 5.56 Å². The molecule has 106 valence electrons. The van der Waals surface area contributed by atoms with Crippen molar-refractivity contribution in [2.75, 3.05) is 32.1 Å². The van der Waals surface area contributed by atoms with Gasteiger partial charge in [-0.25, -0.2) is 4.98 Å². The number of nitrogens with one attached hydrogen (secondary N) is 1. The number of hydrogen-bond acceptors (Lipinski definition) is 4. The minimum absolute atomic E-state index is 0.0753. The molecule has 1 aliphatic heterocycles. The summed E-state index contributed by atoms with van der Waals surface area (Å²) in [6, 6.07) is 6.46. The molecule has 20 heavy (non-hydrogen) atoms. The van der Waals surface area contributed by atoms with Crippen LogP contribution in [0.2, 0.25) is 0 Å². The lowest BCUT2D eigenvalue weighted by Gasteiger charge is -2.36. The highest BCUT2D eigenvalue weighted by molar-refractivity contribution is 5.81. The van der Waals surface area contributed by atoms with Crippen molar-refractivity contribution in [3.05, 3.63) is 34.9 Å². The highest BCUT2D eigenvalue weighted by atomic mass is 16.1. The van der Waals surface area contributed by atoms with Gasteiger partial charge in [0, 0.05) is 18.8 Å². The Labute approximate surface area is 118 Å². The summed E-state index contributed by atoms with van der Waals surface area (Å²) in [6.45, 7) is 2.26. The average Bonchev–Trinajstić information content (AvgIpc) is 2.47. The minimum atomic E-state index is -0.0753. The molecule has 1 aromatic heterocycles. The van der Waals surface area contributed by atoms with Crippen LogP contribution in [0.25, 0.3) is 10.9 Å². The SMILES string of the molecule is CN1CCC(N(C)c2ccc3nc[nH]c(=O)c3c2)CC1. The fourth-order valence-corrected chi connectivity index (χ4v) is 2.87. The summed E-state index contributed by atoms with van der Waals surface area (Å²) < 4.78 is 0. The smallest absolute Gasteiger partial charge is 0.258 e. The Morgan fingerprint density at radius 2 is 2.10 bits per heavy atom. The molecule has 2 aromatic rings. The fourth-order valence-electron chi connectivity index (χ4n) is 2.87. The Balaban J connectivity index is 1.90. The number of likely N-dealkylation sites (tertiary alicyclic amines) is 1. The molecule has 0 atom stereocenters. The molecule has 0 aliphatic carbocycles. The highest BCUT2D eigenvalue weighted by Gasteiger charge is 2.21. The number of aromatic amines is 1. The number of anilines is 1. The molecule has 5 heteroatoms. The summed E-state index contributed by atoms with van der Waals surface area (Å²) in [5, 5.41) is 0.657. The number of nitrogens with zero attached hydrogens (tertiary/aromatic N) is 3. The van der Waals surface area contributed by atoms with Gasteiger partial charge in [-0.1, -0.05) is 0 Å². The van der Waals surface area contributed by atoms with Crippen LogP contribution in [-0.4, -0.2) is 48.1 Å². The average molecular weight is 272 g/mol. The number of fused-ring (bicyclic) bond motifs is 1. The van der Waals surface area contributed by atoms with E-state index in [0.717, 1.165) is 37.1 Å². The molecule has 1 saturated heterocycles. The van der Waals surface area contributed by atoms with Gasteiger partial charge in [0.05, 0.1) is 17.2 Å². The first kappa shape index (κ1) is 13.1. The molecule has 1 aliphatic rings. The molecule has 0 amide bonds. The van der Waals surface area contributed by atoms with Crippen molar-refractivity contribution in [1.82, 2.24) is 14.9 Å². The van der Waals surface area contributed by atoms with Gasteiger partial charge in [-0.05, 0) is 51.2 Å². The van der Waals surface area contributed by atoms with Gasteiger partial charge in [-0.3, -0.25) is 4.79 Å². The lowest BCUT2D eigenvalue weighted by molar-refractivity contribution is 0.253. The van der Waals surface area contributed by atoms with Crippen molar-refractivity contribution in [1.29, 1.82) is 0 Å². The van der Waals surface area contributed by atoms with E-state index in [4.69, 9.17) is 0 Å². The molecule has 0 unspecified atom stereocenters. The van der Waals surface area contributed by atoms with Gasteiger partial charge in [0.1, 0.15) is 0 Å². The second kappa shape index (κ2) is 5.25. The Hall–Kier alpha value is -1.88. The first-order chi connectivity index (χ1) is 9.65. The van der Waals surface area contributed by atoms with E-state index in [1.165, 1.54) is 6.33 Å². The zero-order chi connectivity index (χ0) is 14.1. The predicted molar refractivity (Wildman–Crippen MR) is 81.3 cm³/mol. The third-order valence-corrected chi connectivity index (χ3v) is 4.27. The van der Waals surface area contributed by atoms with E-state index < -0.39 is 0 Å². The Bertz CT molecular complexity index is 658. The second-order valence-electron chi connectivity index (χ2n) is 5.58. The van der Waals surface area contributed by atoms with Crippen LogP contribution in [0, 0.1) is 0 Å². The second-order valence-corrected chi connectivity index (χ2v) is 5.58. The maximum absolute atomic E-state index is 11.9. The van der Waals surface area contributed by atoms with Crippen molar-refractivity contribution in [2.45, 2.75) is 18.9 Å². The fraction of sp³-hybridized carbons (Fsp3) is 0.467. The summed E-state index contributed by atoms with van der Waals surface area (Å²) >= 11 is 0. The third kappa shape index (κ3) is 2.41. The number of benzene rings is 1. The zero-order valence-corrected chi connectivity index (χ0v) is 12.0. The third-order valence-electron chi connectivity index (χ3n) is 4.27. The minimum Gasteiger partial charge on any atom is -0.371 e. The first-order valence-electron chi connectivity index (χ1n) is 7.04. The van der Waals surface area contributed by atoms with Crippen LogP contribution in [-0.2, 0) is 0 Å². The van der Waals surface area contributed by atoms with Gasteiger partial charge < -0.3 is 14.8 Å². The van der Waals surface area contributed by atoms with Gasteiger partial charge in [0.25, 0.3) is 5.56 Å². The summed E-state index contributed by atoms with van der Waals surface area (Å²) in [7, 11) is 4.28. The Morgan fingerprint density at radius 3 is 2.85 bits per heavy atom. The van der Waals surface area contributed by atoms with E-state index in [2.05, 4.69) is 33.9 Å². The summed E-state index contributed by atoms with van der Waals surface area (Å²) in [5.74, 6) is 0. The van der Waals surface area contributed by atoms with Crippen LogP contribution in [0.5, 0.6) is 0 Å². The molecule has 1 fully saturated rings. The number of H-pyrrole nitrogens is 1. The molecule has 0 saturated carbocycles. The molecule has 5 nitrogen and oxygen atoms in total. The number of rotatable bonds is 2. The normalized spacial score (nSPS) is 17.5. The molecule has 2 heterocycles. The van der Waals surface area contributed by atoms with Gasteiger partial charge in [0.2, 0.25) is 0 Å². The van der Waals surface area contributed by atoms with E-state index in [1.54, 1.807) is 0 Å². The largest absolute Gasteiger partial charge is 0.371 e. The summed E-state index contributed by atoms with van der Waals surface area (Å²) in [4.78, 5) is 23.3. The monoisotopic (exact) mass is 272 g/mol. The lowest BCUT2D eigenvalue weighted by atomic mass is 10.0. The molecule has 0 spiro atoms. The van der Waals surface area contributed by atoms with Crippen LogP contribution in [0.3, 0.4) is 0 Å². The van der Waals surface area contributed by atoms with E-state index in [1.807, 2.05) is 18.2 Å². The molecular weight excluding hydrogens is 252 g/mol. The summed E-state index contributed by atoms with van der Waals surface area (Å²) in [5.41, 5.74) is 1.76. The number of hydrogen-bond donors (Lipinski definition) is 1. The molecule has 0 bridgehead atoms. The van der Waals surface area contributed by atoms with E-state index >= 15 is 0 Å². The van der Waals surface area contributed by atoms with Crippen molar-refractivity contribution in [3.63, 3.8) is 0 Å². The van der Waals surface area contributed by atoms with Crippen molar-refractivity contribution in [3.8, 4) is 0 Å². The predicted octanol–water partition coefficient (Wildman–Crippen LogP) is 1.45. The van der Waals surface area contributed by atoms with Crippen molar-refractivity contribution >= 4 is 16.6 Å². The summed E-state index contributed by atoms with van der Waals surface area (Å²) in [6.07, 6.45) is 3.77. The van der Waals surface area contributed by atoms with Crippen molar-refractivity contribution in [2.24, 2.45) is 0 Å².